The second-order valence-electron chi connectivity index (χ2n) is 19.6. The zero-order valence-corrected chi connectivity index (χ0v) is 43.4. The SMILES string of the molecule is CC1OC(OCC2C(COC3OC(C(=O)O)C(COCC4OC(CO)C(O)C(COC5OC(C)C(O)C(OS(=O)(=O)O)C5O)C4COC4OC(C(=O)O)=CC(O)C4O)C(O)C3O)COC(CO)C2O)C(O)C(OS(=O)(=O)O)C1O. The van der Waals surface area contributed by atoms with Gasteiger partial charge in [-0.2, -0.15) is 16.8 Å². The molecule has 0 bridgehead atoms. The average Bonchev–Trinajstić information content (AvgIpc) is 3.41. The summed E-state index contributed by atoms with van der Waals surface area (Å²) < 4.78 is 135. The first kappa shape index (κ1) is 65.5. The van der Waals surface area contributed by atoms with Gasteiger partial charge in [-0.15, -0.1) is 0 Å². The molecule has 35 nitrogen and oxygen atoms in total. The summed E-state index contributed by atoms with van der Waals surface area (Å²) in [6, 6.07) is 0. The van der Waals surface area contributed by atoms with Gasteiger partial charge in [0.25, 0.3) is 0 Å². The molecule has 0 amide bonds. The van der Waals surface area contributed by atoms with Crippen molar-refractivity contribution < 1.29 is 167 Å². The van der Waals surface area contributed by atoms with Gasteiger partial charge in [0.15, 0.2) is 25.0 Å². The first-order valence-corrected chi connectivity index (χ1v) is 27.2. The van der Waals surface area contributed by atoms with Crippen molar-refractivity contribution in [1.82, 2.24) is 0 Å². The molecule has 0 aromatic carbocycles. The smallest absolute Gasteiger partial charge is 0.397 e. The summed E-state index contributed by atoms with van der Waals surface area (Å²) in [6.45, 7) is -3.38. The van der Waals surface area contributed by atoms with Crippen LogP contribution < -0.4 is 0 Å². The first-order valence-electron chi connectivity index (χ1n) is 24.4. The molecule has 0 aromatic heterocycles. The van der Waals surface area contributed by atoms with Crippen molar-refractivity contribution >= 4 is 32.7 Å². The lowest BCUT2D eigenvalue weighted by Gasteiger charge is -2.46. The van der Waals surface area contributed by atoms with E-state index in [9.17, 15) is 107 Å². The van der Waals surface area contributed by atoms with Crippen molar-refractivity contribution in [3.8, 4) is 0 Å². The van der Waals surface area contributed by atoms with E-state index in [0.29, 0.717) is 6.08 Å². The Balaban J connectivity index is 1.15. The van der Waals surface area contributed by atoms with E-state index in [-0.39, 0.29) is 6.61 Å². The second kappa shape index (κ2) is 27.8. The third kappa shape index (κ3) is 16.2. The summed E-state index contributed by atoms with van der Waals surface area (Å²) in [6.07, 6.45) is -38.3. The van der Waals surface area contributed by atoms with Crippen molar-refractivity contribution in [1.29, 1.82) is 0 Å². The number of aliphatic hydroxyl groups excluding tert-OH is 12. The second-order valence-corrected chi connectivity index (χ2v) is 21.7. The minimum Gasteiger partial charge on any atom is -0.479 e. The zero-order valence-electron chi connectivity index (χ0n) is 41.8. The van der Waals surface area contributed by atoms with E-state index in [1.807, 2.05) is 0 Å². The number of hydrogen-bond donors (Lipinski definition) is 16. The van der Waals surface area contributed by atoms with E-state index >= 15 is 0 Å². The molecular formula is C42H68O35S2. The van der Waals surface area contributed by atoms with E-state index in [4.69, 9.17) is 52.1 Å². The molecule has 5 saturated heterocycles. The lowest BCUT2D eigenvalue weighted by atomic mass is 9.79. The number of aliphatic hydroxyl groups is 12. The molecule has 27 unspecified atom stereocenters. The minimum atomic E-state index is -5.27. The zero-order chi connectivity index (χ0) is 58.6. The number of aliphatic carboxylic acids is 2. The van der Waals surface area contributed by atoms with E-state index in [0.717, 1.165) is 0 Å². The molecule has 79 heavy (non-hydrogen) atoms. The fourth-order valence-electron chi connectivity index (χ4n) is 9.89. The van der Waals surface area contributed by atoms with E-state index in [2.05, 4.69) is 8.37 Å². The molecule has 6 rings (SSSR count). The van der Waals surface area contributed by atoms with Crippen LogP contribution in [0.3, 0.4) is 0 Å². The Kier molecular flexibility index (Phi) is 23.1. The Morgan fingerprint density at radius 1 is 0.532 bits per heavy atom. The monoisotopic (exact) mass is 1200 g/mol. The molecule has 37 heteroatoms. The number of rotatable bonds is 24. The highest BCUT2D eigenvalue weighted by molar-refractivity contribution is 7.81. The van der Waals surface area contributed by atoms with Gasteiger partial charge < -0.3 is 124 Å². The summed E-state index contributed by atoms with van der Waals surface area (Å²) in [7, 11) is -10.5. The van der Waals surface area contributed by atoms with Gasteiger partial charge in [0, 0.05) is 29.6 Å². The van der Waals surface area contributed by atoms with Gasteiger partial charge in [-0.05, 0) is 19.9 Å². The summed E-state index contributed by atoms with van der Waals surface area (Å²) in [5, 5.41) is 149. The lowest BCUT2D eigenvalue weighted by Crippen LogP contribution is -2.61. The molecule has 0 radical (unpaired) electrons. The summed E-state index contributed by atoms with van der Waals surface area (Å²) in [5.74, 6) is -10.5. The van der Waals surface area contributed by atoms with Crippen LogP contribution in [0.25, 0.3) is 0 Å². The van der Waals surface area contributed by atoms with Gasteiger partial charge in [-0.3, -0.25) is 9.11 Å². The predicted octanol–water partition coefficient (Wildman–Crippen LogP) is -9.09. The molecule has 0 spiro atoms. The number of hydrogen-bond acceptors (Lipinski definition) is 31. The number of ether oxygens (including phenoxy) is 11. The van der Waals surface area contributed by atoms with Crippen LogP contribution in [0.1, 0.15) is 13.8 Å². The highest BCUT2D eigenvalue weighted by atomic mass is 32.3. The highest BCUT2D eigenvalue weighted by Gasteiger charge is 2.53. The Morgan fingerprint density at radius 3 is 1.54 bits per heavy atom. The molecule has 458 valence electrons. The van der Waals surface area contributed by atoms with Gasteiger partial charge in [-0.1, -0.05) is 0 Å². The summed E-state index contributed by atoms with van der Waals surface area (Å²) >= 11 is 0. The van der Waals surface area contributed by atoms with E-state index in [1.165, 1.54) is 13.8 Å². The van der Waals surface area contributed by atoms with Gasteiger partial charge in [-0.25, -0.2) is 18.0 Å². The summed E-state index contributed by atoms with van der Waals surface area (Å²) in [4.78, 5) is 24.4. The Labute approximate surface area is 449 Å². The molecule has 6 heterocycles. The number of carboxylic acids is 2. The maximum absolute atomic E-state index is 12.7. The van der Waals surface area contributed by atoms with Crippen LogP contribution in [0.15, 0.2) is 11.8 Å². The van der Waals surface area contributed by atoms with Crippen LogP contribution >= 0.6 is 0 Å². The molecule has 0 aliphatic carbocycles. The quantitative estimate of drug-likeness (QED) is 0.0399. The maximum Gasteiger partial charge on any atom is 0.397 e. The molecule has 16 N–H and O–H groups in total. The molecule has 5 fully saturated rings. The van der Waals surface area contributed by atoms with Crippen molar-refractivity contribution in [3.05, 3.63) is 11.8 Å². The van der Waals surface area contributed by atoms with Crippen molar-refractivity contribution in [2.24, 2.45) is 29.6 Å². The van der Waals surface area contributed by atoms with Crippen molar-refractivity contribution in [2.45, 2.75) is 149 Å². The first-order chi connectivity index (χ1) is 37.0. The molecule has 0 aromatic rings. The topological polar surface area (TPSA) is 546 Å². The van der Waals surface area contributed by atoms with E-state index in [1.54, 1.807) is 0 Å². The van der Waals surface area contributed by atoms with Crippen LogP contribution in [0.2, 0.25) is 0 Å². The standard InChI is InChI=1S/C42H68O35S2/c1-13-25(46)35(76-78(59,60)61)32(53)41(71-13)68-9-16-15(6-66-22(4-43)27(16)48)7-67-40-31(52)29(50)19(34(75-40)38(57)58)8-65-12-24-17(10-69-39-30(51)20(45)3-21(74-39)37(55)56)18(28(49)23(5-44)73-24)11-70-42-33(54)36(77-79(62,63)64)26(47)14(2)72-42/h3,13-20,22-36,39-54H,4-12H2,1-2H3,(H,55,56)(H,57,58)(H,59,60,61)(H,62,63,64). The summed E-state index contributed by atoms with van der Waals surface area (Å²) in [5.41, 5.74) is 0. The Hall–Kier alpha value is -2.66. The number of carboxylic acid groups (broad SMARTS) is 2. The highest BCUT2D eigenvalue weighted by Crippen LogP contribution is 2.37. The predicted molar refractivity (Wildman–Crippen MR) is 243 cm³/mol. The van der Waals surface area contributed by atoms with Crippen LogP contribution in [0.4, 0.5) is 0 Å². The molecule has 6 aliphatic rings. The van der Waals surface area contributed by atoms with Crippen LogP contribution in [0.5, 0.6) is 0 Å². The van der Waals surface area contributed by atoms with Crippen LogP contribution in [0, 0.1) is 29.6 Å². The Morgan fingerprint density at radius 2 is 1.03 bits per heavy atom. The van der Waals surface area contributed by atoms with Gasteiger partial charge in [0.1, 0.15) is 67.1 Å². The van der Waals surface area contributed by atoms with Crippen molar-refractivity contribution in [2.75, 3.05) is 59.5 Å². The molecule has 27 atom stereocenters. The van der Waals surface area contributed by atoms with Gasteiger partial charge >= 0.3 is 32.7 Å². The average molecular weight is 1200 g/mol. The minimum absolute atomic E-state index is 0.294. The van der Waals surface area contributed by atoms with Crippen molar-refractivity contribution in [3.63, 3.8) is 0 Å². The maximum atomic E-state index is 12.7. The molecule has 0 saturated carbocycles. The fourth-order valence-corrected chi connectivity index (χ4v) is 10.9. The van der Waals surface area contributed by atoms with E-state index < -0.39 is 256 Å². The normalized spacial score (nSPS) is 44.4. The molecular weight excluding hydrogens is 1130 g/mol. The van der Waals surface area contributed by atoms with Gasteiger partial charge in [0.2, 0.25) is 12.0 Å². The van der Waals surface area contributed by atoms with Gasteiger partial charge in [0.05, 0.1) is 96.1 Å². The fraction of sp³-hybridized carbons (Fsp3) is 0.905. The lowest BCUT2D eigenvalue weighted by molar-refractivity contribution is -0.306. The largest absolute Gasteiger partial charge is 0.479 e. The third-order valence-electron chi connectivity index (χ3n) is 14.3. The number of carbonyl (C=O) groups is 2. The van der Waals surface area contributed by atoms with Crippen LogP contribution in [-0.2, 0) is 90.9 Å². The Bertz CT molecular complexity index is 2240. The molecule has 6 aliphatic heterocycles. The third-order valence-corrected chi connectivity index (χ3v) is 15.3. The van der Waals surface area contributed by atoms with Crippen LogP contribution in [-0.4, -0.2) is 304 Å².